The number of carbonyl (C=O) groups is 2. The number of rotatable bonds is 7. The van der Waals surface area contributed by atoms with Crippen LogP contribution in [-0.2, 0) is 19.6 Å². The van der Waals surface area contributed by atoms with Crippen LogP contribution in [0.3, 0.4) is 0 Å². The van der Waals surface area contributed by atoms with Crippen LogP contribution in [0.5, 0.6) is 0 Å². The van der Waals surface area contributed by atoms with Crippen molar-refractivity contribution in [2.45, 2.75) is 20.8 Å². The normalized spacial score (nSPS) is 11.0. The molecule has 1 N–H and O–H groups in total. The number of sulfonamides is 1. The Morgan fingerprint density at radius 2 is 1.75 bits per heavy atom. The van der Waals surface area contributed by atoms with Gasteiger partial charge in [-0.25, -0.2) is 13.2 Å². The lowest BCUT2D eigenvalue weighted by Gasteiger charge is -2.23. The highest BCUT2D eigenvalue weighted by molar-refractivity contribution is 7.92. The lowest BCUT2D eigenvalue weighted by Crippen LogP contribution is -2.38. The predicted molar refractivity (Wildman–Crippen MR) is 109 cm³/mol. The minimum atomic E-state index is -3.67. The van der Waals surface area contributed by atoms with Crippen LogP contribution in [0, 0.1) is 13.8 Å². The first-order valence-corrected chi connectivity index (χ1v) is 10.6. The van der Waals surface area contributed by atoms with Crippen LogP contribution in [0.4, 0.5) is 11.4 Å². The summed E-state index contributed by atoms with van der Waals surface area (Å²) in [6.45, 7) is 5.04. The maximum absolute atomic E-state index is 12.6. The minimum Gasteiger partial charge on any atom is -0.462 e. The van der Waals surface area contributed by atoms with E-state index in [1.807, 2.05) is 0 Å². The highest BCUT2D eigenvalue weighted by atomic mass is 32.2. The van der Waals surface area contributed by atoms with Crippen LogP contribution in [0.15, 0.2) is 42.5 Å². The number of anilines is 2. The molecule has 0 fully saturated rings. The maximum Gasteiger partial charge on any atom is 0.338 e. The van der Waals surface area contributed by atoms with E-state index in [1.54, 1.807) is 63.2 Å². The zero-order chi connectivity index (χ0) is 20.9. The number of nitrogens with zero attached hydrogens (tertiary/aromatic N) is 1. The molecule has 0 unspecified atom stereocenters. The fourth-order valence-corrected chi connectivity index (χ4v) is 3.66. The fraction of sp³-hybridized carbons (Fsp3) is 0.300. The van der Waals surface area contributed by atoms with Crippen LogP contribution in [-0.4, -0.2) is 39.7 Å². The smallest absolute Gasteiger partial charge is 0.338 e. The van der Waals surface area contributed by atoms with E-state index in [0.29, 0.717) is 22.5 Å². The molecule has 2 aromatic carbocycles. The summed E-state index contributed by atoms with van der Waals surface area (Å²) in [7, 11) is -3.67. The van der Waals surface area contributed by atoms with Gasteiger partial charge in [-0.05, 0) is 50.1 Å². The van der Waals surface area contributed by atoms with E-state index in [1.165, 1.54) is 0 Å². The monoisotopic (exact) mass is 404 g/mol. The third-order valence-electron chi connectivity index (χ3n) is 4.17. The van der Waals surface area contributed by atoms with Gasteiger partial charge in [-0.15, -0.1) is 0 Å². The molecule has 0 saturated heterocycles. The Bertz CT molecular complexity index is 986. The number of esters is 1. The third-order valence-corrected chi connectivity index (χ3v) is 5.30. The van der Waals surface area contributed by atoms with Crippen molar-refractivity contribution in [1.82, 2.24) is 0 Å². The number of amides is 1. The van der Waals surface area contributed by atoms with Gasteiger partial charge in [0.1, 0.15) is 6.54 Å². The summed E-state index contributed by atoms with van der Waals surface area (Å²) in [5.41, 5.74) is 2.50. The maximum atomic E-state index is 12.6. The average molecular weight is 404 g/mol. The summed E-state index contributed by atoms with van der Waals surface area (Å²) in [4.78, 5) is 24.6. The molecule has 0 radical (unpaired) electrons. The molecule has 0 bridgehead atoms. The Hall–Kier alpha value is -2.87. The Morgan fingerprint density at radius 1 is 1.07 bits per heavy atom. The number of aryl methyl sites for hydroxylation is 1. The summed E-state index contributed by atoms with van der Waals surface area (Å²) in [5.74, 6) is -0.994. The Kier molecular flexibility index (Phi) is 6.80. The van der Waals surface area contributed by atoms with E-state index < -0.39 is 21.9 Å². The molecule has 7 nitrogen and oxygen atoms in total. The van der Waals surface area contributed by atoms with Crippen molar-refractivity contribution in [3.05, 3.63) is 59.2 Å². The number of hydrogen-bond acceptors (Lipinski definition) is 5. The molecule has 0 saturated carbocycles. The van der Waals surface area contributed by atoms with Gasteiger partial charge < -0.3 is 10.1 Å². The quantitative estimate of drug-likeness (QED) is 0.717. The molecule has 2 rings (SSSR count). The Balaban J connectivity index is 2.26. The van der Waals surface area contributed by atoms with Gasteiger partial charge >= 0.3 is 5.97 Å². The van der Waals surface area contributed by atoms with Crippen molar-refractivity contribution >= 4 is 33.3 Å². The van der Waals surface area contributed by atoms with E-state index in [2.05, 4.69) is 5.32 Å². The van der Waals surface area contributed by atoms with Gasteiger partial charge in [-0.3, -0.25) is 9.10 Å². The van der Waals surface area contributed by atoms with Crippen LogP contribution in [0.25, 0.3) is 0 Å². The molecular weight excluding hydrogens is 380 g/mol. The molecule has 0 atom stereocenters. The highest BCUT2D eigenvalue weighted by Crippen LogP contribution is 2.23. The average Bonchev–Trinajstić information content (AvgIpc) is 2.61. The van der Waals surface area contributed by atoms with Crippen molar-refractivity contribution in [3.63, 3.8) is 0 Å². The van der Waals surface area contributed by atoms with Gasteiger partial charge in [0.15, 0.2) is 0 Å². The molecule has 0 aliphatic rings. The van der Waals surface area contributed by atoms with Crippen LogP contribution < -0.4 is 9.62 Å². The second-order valence-electron chi connectivity index (χ2n) is 6.30. The summed E-state index contributed by atoms with van der Waals surface area (Å²) in [6.07, 6.45) is 1.05. The number of para-hydroxylation sites is 1. The van der Waals surface area contributed by atoms with Gasteiger partial charge in [0.25, 0.3) is 0 Å². The van der Waals surface area contributed by atoms with Crippen LogP contribution in [0.1, 0.15) is 28.4 Å². The molecule has 0 aliphatic heterocycles. The van der Waals surface area contributed by atoms with Gasteiger partial charge in [-0.1, -0.05) is 24.3 Å². The first-order chi connectivity index (χ1) is 13.1. The second-order valence-corrected chi connectivity index (χ2v) is 8.21. The fourth-order valence-electron chi connectivity index (χ4n) is 2.75. The zero-order valence-electron chi connectivity index (χ0n) is 16.4. The Labute approximate surface area is 165 Å². The summed E-state index contributed by atoms with van der Waals surface area (Å²) in [5, 5.41) is 2.69. The molecule has 0 aliphatic carbocycles. The highest BCUT2D eigenvalue weighted by Gasteiger charge is 2.23. The lowest BCUT2D eigenvalue weighted by molar-refractivity contribution is -0.114. The van der Waals surface area contributed by atoms with Crippen molar-refractivity contribution in [3.8, 4) is 0 Å². The first-order valence-electron chi connectivity index (χ1n) is 8.75. The van der Waals surface area contributed by atoms with E-state index in [4.69, 9.17) is 4.74 Å². The van der Waals surface area contributed by atoms with E-state index in [9.17, 15) is 18.0 Å². The summed E-state index contributed by atoms with van der Waals surface area (Å²) in [6, 6.07) is 11.8. The van der Waals surface area contributed by atoms with Gasteiger partial charge in [0, 0.05) is 5.69 Å². The zero-order valence-corrected chi connectivity index (χ0v) is 17.2. The molecule has 1 amide bonds. The van der Waals surface area contributed by atoms with Gasteiger partial charge in [0.05, 0.1) is 24.1 Å². The third kappa shape index (κ3) is 5.10. The summed E-state index contributed by atoms with van der Waals surface area (Å²) >= 11 is 0. The predicted octanol–water partition coefficient (Wildman–Crippen LogP) is 2.88. The summed E-state index contributed by atoms with van der Waals surface area (Å²) < 4.78 is 30.5. The van der Waals surface area contributed by atoms with Crippen LogP contribution in [0.2, 0.25) is 0 Å². The van der Waals surface area contributed by atoms with E-state index in [0.717, 1.165) is 16.1 Å². The molecule has 2 aromatic rings. The molecule has 0 aromatic heterocycles. The standard InChI is InChI=1S/C20H24N2O5S/c1-5-27-20(24)16-10-8-11-17(15(16)3)21-19(23)13-22(28(4,25)26)18-12-7-6-9-14(18)2/h6-12H,5,13H2,1-4H3,(H,21,23). The van der Waals surface area contributed by atoms with Crippen LogP contribution >= 0.6 is 0 Å². The topological polar surface area (TPSA) is 92.8 Å². The first kappa shape index (κ1) is 21.4. The van der Waals surface area contributed by atoms with Gasteiger partial charge in [-0.2, -0.15) is 0 Å². The largest absolute Gasteiger partial charge is 0.462 e. The van der Waals surface area contributed by atoms with Gasteiger partial charge in [0.2, 0.25) is 15.9 Å². The number of carbonyl (C=O) groups excluding carboxylic acids is 2. The van der Waals surface area contributed by atoms with Crippen molar-refractivity contribution < 1.29 is 22.7 Å². The molecule has 150 valence electrons. The van der Waals surface area contributed by atoms with E-state index in [-0.39, 0.29) is 13.2 Å². The van der Waals surface area contributed by atoms with E-state index >= 15 is 0 Å². The molecule has 28 heavy (non-hydrogen) atoms. The van der Waals surface area contributed by atoms with Crippen molar-refractivity contribution in [2.24, 2.45) is 0 Å². The SMILES string of the molecule is CCOC(=O)c1cccc(NC(=O)CN(c2ccccc2C)S(C)(=O)=O)c1C. The lowest BCUT2D eigenvalue weighted by atomic mass is 10.1. The molecule has 0 spiro atoms. The Morgan fingerprint density at radius 3 is 2.36 bits per heavy atom. The number of nitrogens with one attached hydrogen (secondary N) is 1. The molecule has 0 heterocycles. The number of ether oxygens (including phenoxy) is 1. The second kappa shape index (κ2) is 8.88. The number of hydrogen-bond donors (Lipinski definition) is 1. The minimum absolute atomic E-state index is 0.245. The van der Waals surface area contributed by atoms with Crippen molar-refractivity contribution in [1.29, 1.82) is 0 Å². The van der Waals surface area contributed by atoms with Crippen molar-refractivity contribution in [2.75, 3.05) is 29.0 Å². The molecular formula is C20H24N2O5S. The molecule has 8 heteroatoms. The number of benzene rings is 2.